The van der Waals surface area contributed by atoms with Crippen LogP contribution in [0.5, 0.6) is 11.5 Å². The maximum atomic E-state index is 7.19. The van der Waals surface area contributed by atoms with Gasteiger partial charge in [-0.25, -0.2) is 0 Å². The second-order valence-corrected chi connectivity index (χ2v) is 15.3. The summed E-state index contributed by atoms with van der Waals surface area (Å²) in [5.74, 6) is 1.65. The molecule has 0 fully saturated rings. The Kier molecular flexibility index (Phi) is 9.18. The lowest BCUT2D eigenvalue weighted by Gasteiger charge is -2.32. The lowest BCUT2D eigenvalue weighted by Crippen LogP contribution is -2.13. The number of fused-ring (bicyclic) bond motifs is 2. The van der Waals surface area contributed by atoms with Crippen molar-refractivity contribution in [2.75, 3.05) is 9.80 Å². The first-order chi connectivity index (χ1) is 30.2. The van der Waals surface area contributed by atoms with Crippen LogP contribution in [0.2, 0.25) is 0 Å². The maximum absolute atomic E-state index is 7.19. The molecule has 3 nitrogen and oxygen atoms in total. The predicted octanol–water partition coefficient (Wildman–Crippen LogP) is 16.6. The molecular weight excluding hydrogens is 741 g/mol. The third-order valence-electron chi connectivity index (χ3n) is 11.6. The van der Waals surface area contributed by atoms with Crippen LogP contribution in [0.4, 0.5) is 34.1 Å². The highest BCUT2D eigenvalue weighted by Gasteiger charge is 2.27. The van der Waals surface area contributed by atoms with Gasteiger partial charge in [0.25, 0.3) is 0 Å². The van der Waals surface area contributed by atoms with Gasteiger partial charge in [0.1, 0.15) is 5.75 Å². The first kappa shape index (κ1) is 36.0. The highest BCUT2D eigenvalue weighted by Crippen LogP contribution is 2.54. The highest BCUT2D eigenvalue weighted by molar-refractivity contribution is 6.07. The van der Waals surface area contributed by atoms with Crippen LogP contribution >= 0.6 is 0 Å². The zero-order chi connectivity index (χ0) is 40.5. The normalized spacial score (nSPS) is 11.4. The average molecular weight is 781 g/mol. The van der Waals surface area contributed by atoms with Gasteiger partial charge in [0.15, 0.2) is 5.75 Å². The van der Waals surface area contributed by atoms with Crippen LogP contribution in [0.25, 0.3) is 55.3 Å². The van der Waals surface area contributed by atoms with Gasteiger partial charge in [-0.05, 0) is 105 Å². The highest BCUT2D eigenvalue weighted by atomic mass is 16.5. The molecule has 0 radical (unpaired) electrons. The Labute approximate surface area is 356 Å². The summed E-state index contributed by atoms with van der Waals surface area (Å²) in [6.45, 7) is 0. The Hall–Kier alpha value is -8.14. The van der Waals surface area contributed by atoms with Crippen LogP contribution in [0.3, 0.4) is 0 Å². The Bertz CT molecular complexity index is 3070. The van der Waals surface area contributed by atoms with Crippen molar-refractivity contribution < 1.29 is 4.74 Å². The van der Waals surface area contributed by atoms with Gasteiger partial charge in [-0.2, -0.15) is 0 Å². The van der Waals surface area contributed by atoms with Crippen LogP contribution in [-0.2, 0) is 0 Å². The molecule has 11 rings (SSSR count). The third-order valence-corrected chi connectivity index (χ3v) is 11.6. The molecule has 10 aromatic carbocycles. The topological polar surface area (TPSA) is 15.7 Å². The summed E-state index contributed by atoms with van der Waals surface area (Å²) in [5, 5.41) is 2.22. The fourth-order valence-corrected chi connectivity index (χ4v) is 8.69. The number of hydrogen-bond acceptors (Lipinski definition) is 3. The number of rotatable bonds is 9. The van der Waals surface area contributed by atoms with Crippen molar-refractivity contribution in [2.45, 2.75) is 0 Å². The van der Waals surface area contributed by atoms with E-state index in [0.29, 0.717) is 0 Å². The van der Waals surface area contributed by atoms with Gasteiger partial charge in [0.05, 0.1) is 11.4 Å². The van der Waals surface area contributed by atoms with Crippen LogP contribution in [-0.4, -0.2) is 0 Å². The Balaban J connectivity index is 1.03. The molecule has 0 saturated heterocycles. The van der Waals surface area contributed by atoms with E-state index in [1.807, 2.05) is 0 Å². The zero-order valence-corrected chi connectivity index (χ0v) is 33.4. The van der Waals surface area contributed by atoms with E-state index in [4.69, 9.17) is 4.74 Å². The van der Waals surface area contributed by atoms with E-state index in [9.17, 15) is 0 Å². The van der Waals surface area contributed by atoms with Gasteiger partial charge < -0.3 is 14.5 Å². The third kappa shape index (κ3) is 6.78. The van der Waals surface area contributed by atoms with E-state index in [0.717, 1.165) is 73.1 Å². The lowest BCUT2D eigenvalue weighted by molar-refractivity contribution is 0.488. The molecule has 0 bridgehead atoms. The summed E-state index contributed by atoms with van der Waals surface area (Å²) >= 11 is 0. The number of anilines is 6. The first-order valence-electron chi connectivity index (χ1n) is 20.7. The van der Waals surface area contributed by atoms with Gasteiger partial charge in [-0.3, -0.25) is 0 Å². The Morgan fingerprint density at radius 3 is 1.20 bits per heavy atom. The number of nitrogens with zero attached hydrogens (tertiary/aromatic N) is 2. The molecule has 0 aromatic heterocycles. The van der Waals surface area contributed by atoms with Gasteiger partial charge in [0, 0.05) is 39.8 Å². The molecule has 1 aliphatic rings. The van der Waals surface area contributed by atoms with Gasteiger partial charge in [0.2, 0.25) is 0 Å². The number of ether oxygens (including phenoxy) is 1. The van der Waals surface area contributed by atoms with E-state index in [2.05, 4.69) is 252 Å². The molecule has 0 unspecified atom stereocenters. The summed E-state index contributed by atoms with van der Waals surface area (Å²) in [6, 6.07) is 86.2. The van der Waals surface area contributed by atoms with Crippen molar-refractivity contribution in [3.8, 4) is 56.0 Å². The minimum Gasteiger partial charge on any atom is -0.454 e. The van der Waals surface area contributed by atoms with E-state index < -0.39 is 0 Å². The minimum atomic E-state index is 0.824. The minimum absolute atomic E-state index is 0.824. The Morgan fingerprint density at radius 1 is 0.279 bits per heavy atom. The standard InChI is InChI=1S/C58H40N2O/c1-5-15-41(16-6-1)43-27-29-44(30-28-43)46-33-37-51(38-34-46)59(50-35-31-45(32-36-50)42-17-7-2-8-18-42)52-39-47-19-13-24-53-54-25-14-26-55(58(54)61-56(40-52)57(47)53)60(48-20-9-3-10-21-48)49-22-11-4-12-23-49/h1-40H. The second kappa shape index (κ2) is 15.6. The SMILES string of the molecule is c1ccc(-c2ccc(-c3ccc(N(c4ccc(-c5ccccc5)cc4)c4cc5c6c(cccc6c4)-c4cccc(N(c6ccccc6)c6ccccc6)c4O5)cc3)cc2)cc1. The maximum Gasteiger partial charge on any atom is 0.159 e. The van der Waals surface area contributed by atoms with E-state index in [1.165, 1.54) is 27.8 Å². The molecule has 288 valence electrons. The lowest BCUT2D eigenvalue weighted by atomic mass is 9.93. The molecule has 0 spiro atoms. The van der Waals surface area contributed by atoms with E-state index in [-0.39, 0.29) is 0 Å². The first-order valence-corrected chi connectivity index (χ1v) is 20.7. The second-order valence-electron chi connectivity index (χ2n) is 15.3. The molecule has 0 aliphatic carbocycles. The summed E-state index contributed by atoms with van der Waals surface area (Å²) in [4.78, 5) is 4.62. The van der Waals surface area contributed by atoms with Gasteiger partial charge >= 0.3 is 0 Å². The van der Waals surface area contributed by atoms with Crippen molar-refractivity contribution in [2.24, 2.45) is 0 Å². The fraction of sp³-hybridized carbons (Fsp3) is 0. The smallest absolute Gasteiger partial charge is 0.159 e. The monoisotopic (exact) mass is 780 g/mol. The van der Waals surface area contributed by atoms with Gasteiger partial charge in [-0.15, -0.1) is 0 Å². The van der Waals surface area contributed by atoms with E-state index >= 15 is 0 Å². The van der Waals surface area contributed by atoms with Crippen molar-refractivity contribution in [1.29, 1.82) is 0 Å². The molecule has 0 amide bonds. The molecule has 3 heteroatoms. The molecule has 0 atom stereocenters. The molecular formula is C58H40N2O. The summed E-state index contributed by atoms with van der Waals surface area (Å²) < 4.78 is 7.19. The van der Waals surface area contributed by atoms with Crippen molar-refractivity contribution >= 4 is 44.9 Å². The Morgan fingerprint density at radius 2 is 0.689 bits per heavy atom. The molecule has 61 heavy (non-hydrogen) atoms. The summed E-state index contributed by atoms with van der Waals surface area (Å²) in [7, 11) is 0. The molecule has 0 saturated carbocycles. The molecule has 1 heterocycles. The van der Waals surface area contributed by atoms with Crippen LogP contribution in [0, 0.1) is 0 Å². The van der Waals surface area contributed by atoms with Crippen molar-refractivity contribution in [3.63, 3.8) is 0 Å². The van der Waals surface area contributed by atoms with Crippen LogP contribution < -0.4 is 14.5 Å². The van der Waals surface area contributed by atoms with E-state index in [1.54, 1.807) is 0 Å². The van der Waals surface area contributed by atoms with Crippen molar-refractivity contribution in [1.82, 2.24) is 0 Å². The molecule has 10 aromatic rings. The van der Waals surface area contributed by atoms with Crippen LogP contribution in [0.15, 0.2) is 243 Å². The summed E-state index contributed by atoms with van der Waals surface area (Å²) in [6.07, 6.45) is 0. The number of para-hydroxylation sites is 3. The molecule has 1 aliphatic heterocycles. The fourth-order valence-electron chi connectivity index (χ4n) is 8.69. The van der Waals surface area contributed by atoms with Crippen molar-refractivity contribution in [3.05, 3.63) is 243 Å². The number of hydrogen-bond donors (Lipinski definition) is 0. The number of benzene rings is 10. The predicted molar refractivity (Wildman–Crippen MR) is 255 cm³/mol. The van der Waals surface area contributed by atoms with Crippen LogP contribution in [0.1, 0.15) is 0 Å². The van der Waals surface area contributed by atoms with Gasteiger partial charge in [-0.1, -0.05) is 176 Å². The quantitative estimate of drug-likeness (QED) is 0.145. The largest absolute Gasteiger partial charge is 0.454 e. The zero-order valence-electron chi connectivity index (χ0n) is 33.4. The average Bonchev–Trinajstić information content (AvgIpc) is 3.34. The molecule has 0 N–H and O–H groups in total. The summed E-state index contributed by atoms with van der Waals surface area (Å²) in [5.41, 5.74) is 15.6.